The van der Waals surface area contributed by atoms with E-state index in [1.807, 2.05) is 0 Å². The van der Waals surface area contributed by atoms with Gasteiger partial charge in [0.15, 0.2) is 0 Å². The van der Waals surface area contributed by atoms with Crippen molar-refractivity contribution in [1.82, 2.24) is 0 Å². The van der Waals surface area contributed by atoms with E-state index in [1.54, 1.807) is 38.2 Å². The van der Waals surface area contributed by atoms with Crippen molar-refractivity contribution in [1.29, 1.82) is 0 Å². The molecule has 0 radical (unpaired) electrons. The van der Waals surface area contributed by atoms with Crippen molar-refractivity contribution < 1.29 is 37.0 Å². The number of anilines is 2. The van der Waals surface area contributed by atoms with Crippen LogP contribution in [0.2, 0.25) is 0 Å². The first kappa shape index (κ1) is 25.5. The standard InChI is InChI=1S/C24H26F4N2O4/c1-3-34-16-11-17(13-4-7-15(29-2)8-5-13)21(23(32)33)18(12-16)22(31)30-20-9-6-14(10-19(20)25)24(26,27)28/h4-10,16-18,21,29H,3,11-12H2,1-2H3,(H,30,31)(H,32,33)/t16-,17-,18-,21-/m0/s1. The lowest BCUT2D eigenvalue weighted by Gasteiger charge is -2.39. The van der Waals surface area contributed by atoms with Crippen LogP contribution in [0, 0.1) is 17.7 Å². The van der Waals surface area contributed by atoms with Crippen LogP contribution >= 0.6 is 0 Å². The Labute approximate surface area is 194 Å². The van der Waals surface area contributed by atoms with Crippen LogP contribution in [0.4, 0.5) is 28.9 Å². The van der Waals surface area contributed by atoms with Gasteiger partial charge in [-0.25, -0.2) is 4.39 Å². The van der Waals surface area contributed by atoms with E-state index in [9.17, 15) is 32.3 Å². The van der Waals surface area contributed by atoms with E-state index in [0.717, 1.165) is 11.8 Å². The fourth-order valence-electron chi connectivity index (χ4n) is 4.48. The van der Waals surface area contributed by atoms with Gasteiger partial charge < -0.3 is 20.5 Å². The van der Waals surface area contributed by atoms with Crippen molar-refractivity contribution in [3.63, 3.8) is 0 Å². The van der Waals surface area contributed by atoms with E-state index < -0.39 is 59.0 Å². The quantitative estimate of drug-likeness (QED) is 0.477. The Balaban J connectivity index is 1.91. The van der Waals surface area contributed by atoms with Crippen molar-refractivity contribution in [3.05, 3.63) is 59.4 Å². The molecule has 0 aromatic heterocycles. The number of benzene rings is 2. The molecule has 10 heteroatoms. The Kier molecular flexibility index (Phi) is 7.81. The van der Waals surface area contributed by atoms with Crippen LogP contribution in [0.3, 0.4) is 0 Å². The molecule has 1 amide bonds. The Hall–Kier alpha value is -3.14. The molecular weight excluding hydrogens is 456 g/mol. The number of amides is 1. The summed E-state index contributed by atoms with van der Waals surface area (Å²) in [4.78, 5) is 25.4. The number of aliphatic carboxylic acids is 1. The number of hydrogen-bond donors (Lipinski definition) is 3. The molecule has 3 rings (SSSR count). The van der Waals surface area contributed by atoms with Gasteiger partial charge in [0, 0.05) is 25.3 Å². The van der Waals surface area contributed by atoms with Crippen molar-refractivity contribution in [2.24, 2.45) is 11.8 Å². The maximum Gasteiger partial charge on any atom is 0.416 e. The summed E-state index contributed by atoms with van der Waals surface area (Å²) in [6, 6.07) is 8.93. The minimum Gasteiger partial charge on any atom is -0.481 e. The third-order valence-electron chi connectivity index (χ3n) is 6.11. The van der Waals surface area contributed by atoms with Crippen LogP contribution in [0.1, 0.15) is 36.8 Å². The summed E-state index contributed by atoms with van der Waals surface area (Å²) < 4.78 is 58.5. The Bertz CT molecular complexity index is 1030. The second kappa shape index (κ2) is 10.4. The molecule has 0 unspecified atom stereocenters. The molecule has 34 heavy (non-hydrogen) atoms. The number of carboxylic acid groups (broad SMARTS) is 1. The maximum absolute atomic E-state index is 14.3. The highest BCUT2D eigenvalue weighted by molar-refractivity contribution is 5.95. The highest BCUT2D eigenvalue weighted by Crippen LogP contribution is 2.43. The number of carboxylic acids is 1. The smallest absolute Gasteiger partial charge is 0.416 e. The summed E-state index contributed by atoms with van der Waals surface area (Å²) in [6.07, 6.45) is -4.68. The van der Waals surface area contributed by atoms with Gasteiger partial charge in [-0.2, -0.15) is 13.2 Å². The molecule has 2 aromatic carbocycles. The van der Waals surface area contributed by atoms with Crippen molar-refractivity contribution in [3.8, 4) is 0 Å². The third-order valence-corrected chi connectivity index (χ3v) is 6.11. The monoisotopic (exact) mass is 482 g/mol. The molecule has 1 aliphatic carbocycles. The second-order valence-corrected chi connectivity index (χ2v) is 8.18. The van der Waals surface area contributed by atoms with E-state index in [1.165, 1.54) is 0 Å². The Morgan fingerprint density at radius 1 is 1.12 bits per heavy atom. The molecule has 6 nitrogen and oxygen atoms in total. The number of carbonyl (C=O) groups excluding carboxylic acids is 1. The number of halogens is 4. The molecule has 0 heterocycles. The van der Waals surface area contributed by atoms with Gasteiger partial charge in [0.25, 0.3) is 0 Å². The second-order valence-electron chi connectivity index (χ2n) is 8.18. The van der Waals surface area contributed by atoms with Gasteiger partial charge in [0.1, 0.15) is 5.82 Å². The summed E-state index contributed by atoms with van der Waals surface area (Å²) >= 11 is 0. The summed E-state index contributed by atoms with van der Waals surface area (Å²) in [5.74, 6) is -6.00. The van der Waals surface area contributed by atoms with E-state index in [4.69, 9.17) is 4.74 Å². The fraction of sp³-hybridized carbons (Fsp3) is 0.417. The molecule has 4 atom stereocenters. The van der Waals surface area contributed by atoms with E-state index in [-0.39, 0.29) is 6.42 Å². The van der Waals surface area contributed by atoms with Crippen molar-refractivity contribution >= 4 is 23.3 Å². The van der Waals surface area contributed by atoms with Gasteiger partial charge in [-0.3, -0.25) is 9.59 Å². The van der Waals surface area contributed by atoms with E-state index >= 15 is 0 Å². The first-order chi connectivity index (χ1) is 16.0. The van der Waals surface area contributed by atoms with Crippen LogP contribution in [0.25, 0.3) is 0 Å². The first-order valence-electron chi connectivity index (χ1n) is 10.8. The van der Waals surface area contributed by atoms with Gasteiger partial charge in [0.05, 0.1) is 29.2 Å². The van der Waals surface area contributed by atoms with Gasteiger partial charge in [-0.15, -0.1) is 0 Å². The predicted octanol–water partition coefficient (Wildman–Crippen LogP) is 5.12. The van der Waals surface area contributed by atoms with E-state index in [0.29, 0.717) is 30.7 Å². The normalized spacial score (nSPS) is 22.8. The van der Waals surface area contributed by atoms with Crippen LogP contribution < -0.4 is 10.6 Å². The zero-order chi connectivity index (χ0) is 25.0. The minimum absolute atomic E-state index is 0.0873. The summed E-state index contributed by atoms with van der Waals surface area (Å²) in [5.41, 5.74) is -0.0876. The molecule has 0 bridgehead atoms. The zero-order valence-electron chi connectivity index (χ0n) is 18.7. The lowest BCUT2D eigenvalue weighted by molar-refractivity contribution is -0.151. The van der Waals surface area contributed by atoms with Crippen LogP contribution in [-0.2, 0) is 20.5 Å². The van der Waals surface area contributed by atoms with E-state index in [2.05, 4.69) is 10.6 Å². The number of rotatable bonds is 7. The highest BCUT2D eigenvalue weighted by atomic mass is 19.4. The van der Waals surface area contributed by atoms with Gasteiger partial charge in [0.2, 0.25) is 5.91 Å². The molecule has 1 saturated carbocycles. The maximum atomic E-state index is 14.3. The first-order valence-corrected chi connectivity index (χ1v) is 10.8. The molecule has 0 aliphatic heterocycles. The Morgan fingerprint density at radius 2 is 1.79 bits per heavy atom. The van der Waals surface area contributed by atoms with Crippen LogP contribution in [0.15, 0.2) is 42.5 Å². The molecular formula is C24H26F4N2O4. The minimum atomic E-state index is -4.73. The molecule has 1 aliphatic rings. The molecule has 0 spiro atoms. The number of ether oxygens (including phenoxy) is 1. The SMILES string of the molecule is CCO[C@@H]1C[C@H](C(=O)Nc2ccc(C(F)(F)F)cc2F)[C@@H](C(=O)O)[C@H](c2ccc(NC)cc2)C1. The summed E-state index contributed by atoms with van der Waals surface area (Å²) in [6.45, 7) is 2.14. The van der Waals surface area contributed by atoms with Crippen molar-refractivity contribution in [2.75, 3.05) is 24.3 Å². The Morgan fingerprint density at radius 3 is 2.32 bits per heavy atom. The third kappa shape index (κ3) is 5.67. The summed E-state index contributed by atoms with van der Waals surface area (Å²) in [5, 5.41) is 15.3. The summed E-state index contributed by atoms with van der Waals surface area (Å²) in [7, 11) is 1.75. The molecule has 0 saturated heterocycles. The van der Waals surface area contributed by atoms with Gasteiger partial charge in [-0.1, -0.05) is 12.1 Å². The zero-order valence-corrected chi connectivity index (χ0v) is 18.7. The number of alkyl halides is 3. The molecule has 1 fully saturated rings. The largest absolute Gasteiger partial charge is 0.481 e. The van der Waals surface area contributed by atoms with Crippen molar-refractivity contribution in [2.45, 2.75) is 38.0 Å². The van der Waals surface area contributed by atoms with Crippen LogP contribution in [0.5, 0.6) is 0 Å². The highest BCUT2D eigenvalue weighted by Gasteiger charge is 2.46. The fourth-order valence-corrected chi connectivity index (χ4v) is 4.48. The van der Waals surface area contributed by atoms with Crippen LogP contribution in [-0.4, -0.2) is 36.7 Å². The average Bonchev–Trinajstić information content (AvgIpc) is 2.79. The van der Waals surface area contributed by atoms with Gasteiger partial charge in [-0.05, 0) is 55.7 Å². The number of nitrogens with one attached hydrogen (secondary N) is 2. The molecule has 2 aromatic rings. The van der Waals surface area contributed by atoms with Gasteiger partial charge >= 0.3 is 12.1 Å². The topological polar surface area (TPSA) is 87.7 Å². The lowest BCUT2D eigenvalue weighted by Crippen LogP contribution is -2.44. The lowest BCUT2D eigenvalue weighted by atomic mass is 9.67. The number of carbonyl (C=O) groups is 2. The molecule has 184 valence electrons. The molecule has 3 N–H and O–H groups in total. The number of hydrogen-bond acceptors (Lipinski definition) is 4. The average molecular weight is 482 g/mol. The predicted molar refractivity (Wildman–Crippen MR) is 118 cm³/mol.